The highest BCUT2D eigenvalue weighted by Gasteiger charge is 2.17. The maximum Gasteiger partial charge on any atom is 0.0739 e. The van der Waals surface area contributed by atoms with Gasteiger partial charge in [0, 0.05) is 25.7 Å². The molecule has 1 aromatic heterocycles. The zero-order valence-corrected chi connectivity index (χ0v) is 12.7. The molecule has 0 saturated carbocycles. The van der Waals surface area contributed by atoms with E-state index >= 15 is 0 Å². The molecule has 0 aliphatic carbocycles. The van der Waals surface area contributed by atoms with Crippen molar-refractivity contribution in [2.45, 2.75) is 46.8 Å². The molecule has 1 rings (SSSR count). The Balaban J connectivity index is 2.91. The molecule has 0 aromatic carbocycles. The van der Waals surface area contributed by atoms with Gasteiger partial charge in [0.25, 0.3) is 0 Å². The summed E-state index contributed by atoms with van der Waals surface area (Å²) in [6, 6.07) is 0.412. The monoisotopic (exact) mass is 303 g/mol. The lowest BCUT2D eigenvalue weighted by Crippen LogP contribution is -2.33. The quantitative estimate of drug-likeness (QED) is 0.876. The van der Waals surface area contributed by atoms with E-state index in [0.717, 1.165) is 23.3 Å². The number of nitrogens with zero attached hydrogens (tertiary/aromatic N) is 3. The van der Waals surface area contributed by atoms with Gasteiger partial charge >= 0.3 is 0 Å². The molecule has 0 unspecified atom stereocenters. The van der Waals surface area contributed by atoms with Gasteiger partial charge in [-0.1, -0.05) is 0 Å². The van der Waals surface area contributed by atoms with E-state index in [1.165, 1.54) is 5.69 Å². The maximum absolute atomic E-state index is 9.09. The van der Waals surface area contributed by atoms with Gasteiger partial charge in [-0.2, -0.15) is 5.10 Å². The first kappa shape index (κ1) is 14.7. The fourth-order valence-corrected chi connectivity index (χ4v) is 2.27. The van der Waals surface area contributed by atoms with Crippen LogP contribution in [0.4, 0.5) is 0 Å². The number of aliphatic hydroxyl groups is 1. The van der Waals surface area contributed by atoms with Gasteiger partial charge in [-0.15, -0.1) is 0 Å². The maximum atomic E-state index is 9.09. The fraction of sp³-hybridized carbons (Fsp3) is 0.750. The number of rotatable bonds is 6. The van der Waals surface area contributed by atoms with Crippen LogP contribution in [0.2, 0.25) is 0 Å². The van der Waals surface area contributed by atoms with Gasteiger partial charge in [0.2, 0.25) is 0 Å². The molecule has 1 heterocycles. The van der Waals surface area contributed by atoms with Gasteiger partial charge in [-0.3, -0.25) is 9.58 Å². The summed E-state index contributed by atoms with van der Waals surface area (Å²) in [5.41, 5.74) is 2.21. The summed E-state index contributed by atoms with van der Waals surface area (Å²) in [4.78, 5) is 2.24. The van der Waals surface area contributed by atoms with E-state index in [2.05, 4.69) is 46.7 Å². The van der Waals surface area contributed by atoms with Crippen molar-refractivity contribution < 1.29 is 5.11 Å². The highest BCUT2D eigenvalue weighted by molar-refractivity contribution is 9.10. The topological polar surface area (TPSA) is 41.3 Å². The molecule has 0 amide bonds. The van der Waals surface area contributed by atoms with E-state index in [-0.39, 0.29) is 6.61 Å². The molecule has 5 heteroatoms. The van der Waals surface area contributed by atoms with Gasteiger partial charge in [0.15, 0.2) is 0 Å². The summed E-state index contributed by atoms with van der Waals surface area (Å²) in [6.45, 7) is 10.9. The third-order valence-corrected chi connectivity index (χ3v) is 3.95. The van der Waals surface area contributed by atoms with Crippen molar-refractivity contribution >= 4 is 15.9 Å². The second kappa shape index (κ2) is 6.52. The summed E-state index contributed by atoms with van der Waals surface area (Å²) in [6.07, 6.45) is 0. The second-order valence-corrected chi connectivity index (χ2v) is 5.24. The Labute approximate surface area is 112 Å². The third kappa shape index (κ3) is 3.53. The molecule has 4 nitrogen and oxygen atoms in total. The summed E-state index contributed by atoms with van der Waals surface area (Å²) in [7, 11) is 0. The lowest BCUT2D eigenvalue weighted by atomic mass is 10.2. The molecular formula is C12H22BrN3O. The van der Waals surface area contributed by atoms with Gasteiger partial charge < -0.3 is 5.11 Å². The minimum atomic E-state index is 0.190. The highest BCUT2D eigenvalue weighted by atomic mass is 79.9. The van der Waals surface area contributed by atoms with E-state index in [9.17, 15) is 0 Å². The van der Waals surface area contributed by atoms with E-state index in [1.807, 2.05) is 11.6 Å². The lowest BCUT2D eigenvalue weighted by Gasteiger charge is -2.25. The minimum Gasteiger partial charge on any atom is -0.395 e. The van der Waals surface area contributed by atoms with Gasteiger partial charge in [-0.25, -0.2) is 0 Å². The van der Waals surface area contributed by atoms with Crippen molar-refractivity contribution in [2.75, 3.05) is 13.2 Å². The number of aromatic nitrogens is 2. The molecule has 1 N–H and O–H groups in total. The highest BCUT2D eigenvalue weighted by Crippen LogP contribution is 2.23. The number of aliphatic hydroxyl groups excluding tert-OH is 1. The number of aryl methyl sites for hydroxylation is 2. The molecule has 0 saturated heterocycles. The molecule has 0 spiro atoms. The Morgan fingerprint density at radius 3 is 2.59 bits per heavy atom. The molecule has 0 aliphatic rings. The summed E-state index contributed by atoms with van der Waals surface area (Å²) in [5, 5.41) is 13.6. The van der Waals surface area contributed by atoms with E-state index in [0.29, 0.717) is 12.6 Å². The Kier molecular flexibility index (Phi) is 5.62. The van der Waals surface area contributed by atoms with Gasteiger partial charge in [0.05, 0.1) is 22.5 Å². The molecule has 0 fully saturated rings. The molecule has 0 bridgehead atoms. The predicted octanol–water partition coefficient (Wildman–Crippen LogP) is 2.18. The summed E-state index contributed by atoms with van der Waals surface area (Å²) >= 11 is 3.60. The molecule has 17 heavy (non-hydrogen) atoms. The zero-order valence-electron chi connectivity index (χ0n) is 11.1. The summed E-state index contributed by atoms with van der Waals surface area (Å²) in [5.74, 6) is 0. The van der Waals surface area contributed by atoms with E-state index < -0.39 is 0 Å². The Bertz CT molecular complexity index is 363. The Hall–Kier alpha value is -0.390. The molecule has 1 aromatic rings. The van der Waals surface area contributed by atoms with Crippen molar-refractivity contribution in [2.24, 2.45) is 0 Å². The molecule has 0 atom stereocenters. The lowest BCUT2D eigenvalue weighted by molar-refractivity contribution is 0.155. The predicted molar refractivity (Wildman–Crippen MR) is 73.0 cm³/mol. The number of hydrogen-bond acceptors (Lipinski definition) is 3. The van der Waals surface area contributed by atoms with Crippen LogP contribution in [0, 0.1) is 6.92 Å². The van der Waals surface area contributed by atoms with Crippen LogP contribution < -0.4 is 0 Å². The Morgan fingerprint density at radius 1 is 1.47 bits per heavy atom. The normalized spacial score (nSPS) is 11.8. The van der Waals surface area contributed by atoms with Crippen molar-refractivity contribution in [3.63, 3.8) is 0 Å². The van der Waals surface area contributed by atoms with Crippen LogP contribution in [0.25, 0.3) is 0 Å². The summed E-state index contributed by atoms with van der Waals surface area (Å²) < 4.78 is 3.11. The zero-order chi connectivity index (χ0) is 13.0. The first-order chi connectivity index (χ1) is 8.01. The Morgan fingerprint density at radius 2 is 2.12 bits per heavy atom. The van der Waals surface area contributed by atoms with E-state index in [4.69, 9.17) is 5.11 Å². The SMILES string of the molecule is CCn1nc(C)c(Br)c1CN(CCO)C(C)C. The van der Waals surface area contributed by atoms with Crippen molar-refractivity contribution in [1.29, 1.82) is 0 Å². The molecule has 0 radical (unpaired) electrons. The molecule has 0 aliphatic heterocycles. The van der Waals surface area contributed by atoms with Crippen LogP contribution in [0.1, 0.15) is 32.2 Å². The van der Waals surface area contributed by atoms with Crippen molar-refractivity contribution in [3.8, 4) is 0 Å². The van der Waals surface area contributed by atoms with Crippen LogP contribution in [-0.4, -0.2) is 39.0 Å². The van der Waals surface area contributed by atoms with Crippen LogP contribution in [0.15, 0.2) is 4.47 Å². The van der Waals surface area contributed by atoms with Crippen LogP contribution >= 0.6 is 15.9 Å². The van der Waals surface area contributed by atoms with Crippen LogP contribution in [-0.2, 0) is 13.1 Å². The first-order valence-electron chi connectivity index (χ1n) is 6.07. The average molecular weight is 304 g/mol. The van der Waals surface area contributed by atoms with Crippen LogP contribution in [0.5, 0.6) is 0 Å². The van der Waals surface area contributed by atoms with Gasteiger partial charge in [0.1, 0.15) is 0 Å². The minimum absolute atomic E-state index is 0.190. The van der Waals surface area contributed by atoms with E-state index in [1.54, 1.807) is 0 Å². The van der Waals surface area contributed by atoms with Crippen molar-refractivity contribution in [1.82, 2.24) is 14.7 Å². The van der Waals surface area contributed by atoms with Gasteiger partial charge in [-0.05, 0) is 43.6 Å². The fourth-order valence-electron chi connectivity index (χ4n) is 1.86. The molecular weight excluding hydrogens is 282 g/mol. The van der Waals surface area contributed by atoms with Crippen molar-refractivity contribution in [3.05, 3.63) is 15.9 Å². The second-order valence-electron chi connectivity index (χ2n) is 4.45. The number of hydrogen-bond donors (Lipinski definition) is 1. The first-order valence-corrected chi connectivity index (χ1v) is 6.87. The molecule has 98 valence electrons. The standard InChI is InChI=1S/C12H22BrN3O/c1-5-16-11(12(13)10(4)14-16)8-15(6-7-17)9(2)3/h9,17H,5-8H2,1-4H3. The average Bonchev–Trinajstić information content (AvgIpc) is 2.55. The smallest absolute Gasteiger partial charge is 0.0739 e. The van der Waals surface area contributed by atoms with Crippen LogP contribution in [0.3, 0.4) is 0 Å². The largest absolute Gasteiger partial charge is 0.395 e. The third-order valence-electron chi connectivity index (χ3n) is 2.92. The number of halogens is 1.